The van der Waals surface area contributed by atoms with Gasteiger partial charge in [-0.1, -0.05) is 18.3 Å². The summed E-state index contributed by atoms with van der Waals surface area (Å²) in [5.74, 6) is 0.993. The van der Waals surface area contributed by atoms with Gasteiger partial charge in [-0.05, 0) is 51.0 Å². The van der Waals surface area contributed by atoms with Crippen LogP contribution in [0.2, 0.25) is 0 Å². The van der Waals surface area contributed by atoms with Gasteiger partial charge in [0.25, 0.3) is 5.91 Å². The molecule has 140 valence electrons. The second-order valence-electron chi connectivity index (χ2n) is 5.69. The first-order valence-corrected chi connectivity index (χ1v) is 9.28. The number of aromatic nitrogens is 1. The van der Waals surface area contributed by atoms with E-state index in [9.17, 15) is 4.79 Å². The first-order valence-electron chi connectivity index (χ1n) is 8.46. The van der Waals surface area contributed by atoms with Crippen LogP contribution in [0.1, 0.15) is 48.6 Å². The molecule has 0 unspecified atom stereocenters. The first kappa shape index (κ1) is 19.7. The van der Waals surface area contributed by atoms with E-state index in [-0.39, 0.29) is 12.0 Å². The van der Waals surface area contributed by atoms with Gasteiger partial charge in [0.15, 0.2) is 16.6 Å². The molecule has 0 spiro atoms. The number of nitrogen functional groups attached to an aromatic ring is 1. The minimum Gasteiger partial charge on any atom is -0.490 e. The molecule has 0 bridgehead atoms. The maximum atomic E-state index is 12.2. The minimum atomic E-state index is -0.322. The highest BCUT2D eigenvalue weighted by Crippen LogP contribution is 2.29. The fourth-order valence-corrected chi connectivity index (χ4v) is 3.04. The monoisotopic (exact) mass is 376 g/mol. The van der Waals surface area contributed by atoms with Crippen LogP contribution in [-0.2, 0) is 6.42 Å². The Balaban J connectivity index is 2.09. The van der Waals surface area contributed by atoms with Crippen molar-refractivity contribution < 1.29 is 14.3 Å². The number of nitrogens with one attached hydrogen (secondary N) is 1. The van der Waals surface area contributed by atoms with Crippen LogP contribution in [0.25, 0.3) is 0 Å². The molecule has 0 fully saturated rings. The predicted molar refractivity (Wildman–Crippen MR) is 104 cm³/mol. The quantitative estimate of drug-likeness (QED) is 0.544. The summed E-state index contributed by atoms with van der Waals surface area (Å²) < 4.78 is 11.3. The molecule has 2 aromatic rings. The van der Waals surface area contributed by atoms with Crippen molar-refractivity contribution in [2.45, 2.75) is 40.2 Å². The number of aryl methyl sites for hydroxylation is 1. The van der Waals surface area contributed by atoms with Crippen molar-refractivity contribution in [1.82, 2.24) is 10.4 Å². The summed E-state index contributed by atoms with van der Waals surface area (Å²) in [6.45, 7) is 8.27. The molecular weight excluding hydrogens is 352 g/mol. The van der Waals surface area contributed by atoms with E-state index in [4.69, 9.17) is 15.2 Å². The van der Waals surface area contributed by atoms with Gasteiger partial charge in [0, 0.05) is 0 Å². The van der Waals surface area contributed by atoms with Gasteiger partial charge < -0.3 is 15.2 Å². The Morgan fingerprint density at radius 1 is 1.38 bits per heavy atom. The third kappa shape index (κ3) is 5.19. The molecular formula is C18H24N4O3S. The normalized spacial score (nSPS) is 11.1. The number of hydrazone groups is 1. The molecule has 8 heteroatoms. The lowest BCUT2D eigenvalue weighted by Crippen LogP contribution is -2.17. The maximum absolute atomic E-state index is 12.2. The van der Waals surface area contributed by atoms with Gasteiger partial charge in [-0.25, -0.2) is 10.4 Å². The number of benzene rings is 1. The molecule has 1 aromatic heterocycles. The van der Waals surface area contributed by atoms with E-state index in [1.54, 1.807) is 6.21 Å². The summed E-state index contributed by atoms with van der Waals surface area (Å²) >= 11 is 1.15. The van der Waals surface area contributed by atoms with Crippen LogP contribution in [0.5, 0.6) is 11.5 Å². The molecule has 0 aliphatic rings. The van der Waals surface area contributed by atoms with Crippen molar-refractivity contribution >= 4 is 28.6 Å². The zero-order valence-electron chi connectivity index (χ0n) is 15.4. The smallest absolute Gasteiger partial charge is 0.283 e. The SMILES string of the molecule is CCOc1cc(/C=N\NC(=O)c2sc(N)nc2CC)ccc1OC(C)C. The molecule has 3 N–H and O–H groups in total. The number of nitrogens with two attached hydrogens (primary N) is 1. The molecule has 2 rings (SSSR count). The number of rotatable bonds is 8. The van der Waals surface area contributed by atoms with Crippen LogP contribution in [0, 0.1) is 0 Å². The van der Waals surface area contributed by atoms with E-state index in [0.29, 0.717) is 40.2 Å². The van der Waals surface area contributed by atoms with Crippen LogP contribution in [-0.4, -0.2) is 29.8 Å². The van der Waals surface area contributed by atoms with Gasteiger partial charge in [-0.15, -0.1) is 0 Å². The fraction of sp³-hybridized carbons (Fsp3) is 0.389. The molecule has 0 radical (unpaired) electrons. The van der Waals surface area contributed by atoms with E-state index >= 15 is 0 Å². The number of nitrogens with zero attached hydrogens (tertiary/aromatic N) is 2. The van der Waals surface area contributed by atoms with Gasteiger partial charge in [0.2, 0.25) is 0 Å². The van der Waals surface area contributed by atoms with Crippen molar-refractivity contribution in [3.05, 3.63) is 34.3 Å². The van der Waals surface area contributed by atoms with Crippen LogP contribution in [0.3, 0.4) is 0 Å². The number of thiazole rings is 1. The number of carbonyl (C=O) groups excluding carboxylic acids is 1. The van der Waals surface area contributed by atoms with E-state index < -0.39 is 0 Å². The largest absolute Gasteiger partial charge is 0.490 e. The van der Waals surface area contributed by atoms with Gasteiger partial charge >= 0.3 is 0 Å². The molecule has 1 amide bonds. The Labute approximate surface area is 157 Å². The second kappa shape index (κ2) is 9.19. The van der Waals surface area contributed by atoms with Crippen molar-refractivity contribution in [2.75, 3.05) is 12.3 Å². The van der Waals surface area contributed by atoms with E-state index in [1.165, 1.54) is 0 Å². The van der Waals surface area contributed by atoms with Crippen molar-refractivity contribution in [3.8, 4) is 11.5 Å². The van der Waals surface area contributed by atoms with Crippen LogP contribution < -0.4 is 20.6 Å². The third-order valence-corrected chi connectivity index (χ3v) is 4.19. The number of hydrogen-bond acceptors (Lipinski definition) is 7. The number of carbonyl (C=O) groups is 1. The molecule has 26 heavy (non-hydrogen) atoms. The Hall–Kier alpha value is -2.61. The van der Waals surface area contributed by atoms with Crippen molar-refractivity contribution in [1.29, 1.82) is 0 Å². The molecule has 0 saturated carbocycles. The summed E-state index contributed by atoms with van der Waals surface area (Å²) in [5.41, 5.74) is 9.63. The summed E-state index contributed by atoms with van der Waals surface area (Å²) in [6, 6.07) is 5.49. The minimum absolute atomic E-state index is 0.0487. The van der Waals surface area contributed by atoms with E-state index in [0.717, 1.165) is 16.9 Å². The standard InChI is InChI=1S/C18H24N4O3S/c1-5-13-16(26-18(19)21-13)17(23)22-20-10-12-7-8-14(25-11(3)4)15(9-12)24-6-2/h7-11H,5-6H2,1-4H3,(H2,19,21)(H,22,23)/b20-10-. The van der Waals surface area contributed by atoms with Crippen molar-refractivity contribution in [2.24, 2.45) is 5.10 Å². The summed E-state index contributed by atoms with van der Waals surface area (Å²) in [5, 5.41) is 4.38. The van der Waals surface area contributed by atoms with E-state index in [1.807, 2.05) is 45.9 Å². The zero-order chi connectivity index (χ0) is 19.1. The highest BCUT2D eigenvalue weighted by molar-refractivity contribution is 7.17. The van der Waals surface area contributed by atoms with Gasteiger partial charge in [0.1, 0.15) is 4.88 Å². The summed E-state index contributed by atoms with van der Waals surface area (Å²) in [6.07, 6.45) is 2.23. The van der Waals surface area contributed by atoms with Crippen LogP contribution >= 0.6 is 11.3 Å². The molecule has 0 aliphatic heterocycles. The highest BCUT2D eigenvalue weighted by Gasteiger charge is 2.15. The first-order chi connectivity index (χ1) is 12.4. The lowest BCUT2D eigenvalue weighted by molar-refractivity contribution is 0.0958. The van der Waals surface area contributed by atoms with Gasteiger partial charge in [-0.2, -0.15) is 5.10 Å². The van der Waals surface area contributed by atoms with Crippen molar-refractivity contribution in [3.63, 3.8) is 0 Å². The Morgan fingerprint density at radius 2 is 2.15 bits per heavy atom. The Bertz CT molecular complexity index is 787. The molecule has 1 aromatic carbocycles. The van der Waals surface area contributed by atoms with E-state index in [2.05, 4.69) is 15.5 Å². The second-order valence-corrected chi connectivity index (χ2v) is 6.72. The third-order valence-electron chi connectivity index (χ3n) is 3.26. The van der Waals surface area contributed by atoms with Crippen LogP contribution in [0.4, 0.5) is 5.13 Å². The zero-order valence-corrected chi connectivity index (χ0v) is 16.2. The number of amides is 1. The fourth-order valence-electron chi connectivity index (χ4n) is 2.23. The summed E-state index contributed by atoms with van der Waals surface area (Å²) in [4.78, 5) is 16.8. The average Bonchev–Trinajstić information content (AvgIpc) is 2.98. The highest BCUT2D eigenvalue weighted by atomic mass is 32.1. The average molecular weight is 376 g/mol. The molecule has 0 saturated heterocycles. The summed E-state index contributed by atoms with van der Waals surface area (Å²) in [7, 11) is 0. The Kier molecular flexibility index (Phi) is 6.97. The molecule has 0 aliphatic carbocycles. The lowest BCUT2D eigenvalue weighted by atomic mass is 10.2. The van der Waals surface area contributed by atoms with Crippen LogP contribution in [0.15, 0.2) is 23.3 Å². The van der Waals surface area contributed by atoms with Gasteiger partial charge in [0.05, 0.1) is 24.6 Å². The molecule has 1 heterocycles. The number of anilines is 1. The Morgan fingerprint density at radius 3 is 2.81 bits per heavy atom. The topological polar surface area (TPSA) is 98.8 Å². The molecule has 0 atom stereocenters. The predicted octanol–water partition coefficient (Wildman–Crippen LogP) is 3.24. The maximum Gasteiger partial charge on any atom is 0.283 e. The lowest BCUT2D eigenvalue weighted by Gasteiger charge is -2.14. The number of ether oxygens (including phenoxy) is 2. The van der Waals surface area contributed by atoms with Gasteiger partial charge in [-0.3, -0.25) is 4.79 Å². The number of hydrogen-bond donors (Lipinski definition) is 2. The molecule has 7 nitrogen and oxygen atoms in total.